The summed E-state index contributed by atoms with van der Waals surface area (Å²) in [5.74, 6) is -2.13. The number of alkyl carbamates (subject to hydrolysis) is 1. The molecule has 1 aliphatic carbocycles. The van der Waals surface area contributed by atoms with Crippen molar-refractivity contribution in [3.63, 3.8) is 0 Å². The Labute approximate surface area is 180 Å². The molecular formula is C23H26N2O6. The van der Waals surface area contributed by atoms with Crippen LogP contribution in [0.25, 0.3) is 11.1 Å². The summed E-state index contributed by atoms with van der Waals surface area (Å²) in [5, 5.41) is 11.4. The molecule has 1 aliphatic rings. The number of ether oxygens (including phenoxy) is 1. The highest BCUT2D eigenvalue weighted by Gasteiger charge is 2.29. The van der Waals surface area contributed by atoms with Crippen LogP contribution < -0.4 is 10.8 Å². The van der Waals surface area contributed by atoms with Crippen molar-refractivity contribution in [2.24, 2.45) is 5.92 Å². The number of rotatable bonds is 9. The summed E-state index contributed by atoms with van der Waals surface area (Å²) in [4.78, 5) is 39.5. The van der Waals surface area contributed by atoms with Gasteiger partial charge in [-0.3, -0.25) is 9.63 Å². The first kappa shape index (κ1) is 22.3. The van der Waals surface area contributed by atoms with E-state index in [1.165, 1.54) is 6.92 Å². The number of carboxylic acid groups (broad SMARTS) is 1. The molecule has 2 unspecified atom stereocenters. The first-order valence-corrected chi connectivity index (χ1v) is 10.2. The Bertz CT molecular complexity index is 915. The summed E-state index contributed by atoms with van der Waals surface area (Å²) >= 11 is 0. The molecule has 0 fully saturated rings. The molecule has 164 valence electrons. The zero-order valence-corrected chi connectivity index (χ0v) is 17.5. The van der Waals surface area contributed by atoms with Crippen molar-refractivity contribution in [3.8, 4) is 11.1 Å². The van der Waals surface area contributed by atoms with Crippen molar-refractivity contribution in [2.45, 2.75) is 32.3 Å². The number of nitrogens with one attached hydrogen (secondary N) is 2. The molecule has 0 saturated heterocycles. The van der Waals surface area contributed by atoms with Crippen LogP contribution in [0.2, 0.25) is 0 Å². The molecule has 8 heteroatoms. The van der Waals surface area contributed by atoms with Crippen molar-refractivity contribution < 1.29 is 29.1 Å². The number of carboxylic acids is 1. The average molecular weight is 426 g/mol. The third-order valence-electron chi connectivity index (χ3n) is 5.32. The molecule has 0 spiro atoms. The summed E-state index contributed by atoms with van der Waals surface area (Å²) in [6.07, 6.45) is -1.35. The van der Waals surface area contributed by atoms with E-state index >= 15 is 0 Å². The molecule has 31 heavy (non-hydrogen) atoms. The fourth-order valence-corrected chi connectivity index (χ4v) is 3.47. The van der Waals surface area contributed by atoms with E-state index < -0.39 is 30.0 Å². The highest BCUT2D eigenvalue weighted by atomic mass is 16.7. The fourth-order valence-electron chi connectivity index (χ4n) is 3.47. The number of aliphatic carboxylic acids is 1. The topological polar surface area (TPSA) is 114 Å². The van der Waals surface area contributed by atoms with E-state index in [-0.39, 0.29) is 19.1 Å². The summed E-state index contributed by atoms with van der Waals surface area (Å²) < 4.78 is 5.45. The normalized spacial score (nSPS) is 14.1. The first-order valence-electron chi connectivity index (χ1n) is 10.2. The zero-order valence-electron chi connectivity index (χ0n) is 17.5. The van der Waals surface area contributed by atoms with Gasteiger partial charge in [0.1, 0.15) is 6.61 Å². The summed E-state index contributed by atoms with van der Waals surface area (Å²) in [5.41, 5.74) is 6.71. The number of hydrogen-bond donors (Lipinski definition) is 3. The van der Waals surface area contributed by atoms with Crippen LogP contribution in [0.5, 0.6) is 0 Å². The van der Waals surface area contributed by atoms with Crippen molar-refractivity contribution in [2.75, 3.05) is 13.2 Å². The maximum atomic E-state index is 12.1. The summed E-state index contributed by atoms with van der Waals surface area (Å²) in [7, 11) is 0. The van der Waals surface area contributed by atoms with E-state index in [1.54, 1.807) is 6.92 Å². The highest BCUT2D eigenvalue weighted by molar-refractivity contribution is 5.79. The van der Waals surface area contributed by atoms with Gasteiger partial charge in [0.2, 0.25) is 5.91 Å². The van der Waals surface area contributed by atoms with E-state index in [0.29, 0.717) is 6.42 Å². The number of amides is 2. The van der Waals surface area contributed by atoms with Crippen molar-refractivity contribution in [1.29, 1.82) is 0 Å². The Hall–Kier alpha value is -3.39. The minimum Gasteiger partial charge on any atom is -0.479 e. The van der Waals surface area contributed by atoms with Gasteiger partial charge in [0.25, 0.3) is 0 Å². The van der Waals surface area contributed by atoms with Gasteiger partial charge < -0.3 is 15.2 Å². The number of hydrogen-bond acceptors (Lipinski definition) is 5. The van der Waals surface area contributed by atoms with Gasteiger partial charge in [-0.15, -0.1) is 0 Å². The zero-order chi connectivity index (χ0) is 22.4. The lowest BCUT2D eigenvalue weighted by Gasteiger charge is -2.16. The molecule has 3 rings (SSSR count). The molecular weight excluding hydrogens is 400 g/mol. The molecule has 0 aliphatic heterocycles. The van der Waals surface area contributed by atoms with Gasteiger partial charge in [-0.25, -0.2) is 15.1 Å². The maximum absolute atomic E-state index is 12.1. The Morgan fingerprint density at radius 3 is 2.16 bits per heavy atom. The summed E-state index contributed by atoms with van der Waals surface area (Å²) in [6.45, 7) is 3.42. The smallest absolute Gasteiger partial charge is 0.407 e. The minimum atomic E-state index is -1.18. The first-order chi connectivity index (χ1) is 14.9. The van der Waals surface area contributed by atoms with E-state index in [9.17, 15) is 14.4 Å². The Kier molecular flexibility index (Phi) is 7.25. The highest BCUT2D eigenvalue weighted by Crippen LogP contribution is 2.44. The average Bonchev–Trinajstić information content (AvgIpc) is 3.09. The number of benzene rings is 2. The third kappa shape index (κ3) is 5.40. The molecule has 2 aromatic rings. The second-order valence-corrected chi connectivity index (χ2v) is 7.51. The SMILES string of the molecule is CC(CCNC(=O)OCC1c2ccccc2-c2ccccc21)C(=O)NOC(C)C(=O)O. The lowest BCUT2D eigenvalue weighted by Crippen LogP contribution is -2.36. The molecule has 2 amide bonds. The van der Waals surface area contributed by atoms with Gasteiger partial charge in [0, 0.05) is 18.4 Å². The number of carbonyl (C=O) groups is 3. The van der Waals surface area contributed by atoms with Gasteiger partial charge in [0.05, 0.1) is 0 Å². The van der Waals surface area contributed by atoms with Crippen LogP contribution in [0.1, 0.15) is 37.3 Å². The second kappa shape index (κ2) is 10.1. The fraction of sp³-hybridized carbons (Fsp3) is 0.348. The van der Waals surface area contributed by atoms with E-state index in [4.69, 9.17) is 14.7 Å². The summed E-state index contributed by atoms with van der Waals surface area (Å²) in [6, 6.07) is 16.2. The van der Waals surface area contributed by atoms with Gasteiger partial charge >= 0.3 is 12.1 Å². The second-order valence-electron chi connectivity index (χ2n) is 7.51. The van der Waals surface area contributed by atoms with Crippen molar-refractivity contribution in [3.05, 3.63) is 59.7 Å². The Morgan fingerprint density at radius 1 is 1.00 bits per heavy atom. The predicted octanol–water partition coefficient (Wildman–Crippen LogP) is 3.07. The molecule has 0 saturated carbocycles. The standard InChI is InChI=1S/C23H26N2O6/c1-14(21(26)25-31-15(2)22(27)28)11-12-24-23(29)30-13-20-18-9-5-3-7-16(18)17-8-4-6-10-19(17)20/h3-10,14-15,20H,11-13H2,1-2H3,(H,24,29)(H,25,26)(H,27,28). The molecule has 0 bridgehead atoms. The lowest BCUT2D eigenvalue weighted by atomic mass is 9.98. The monoisotopic (exact) mass is 426 g/mol. The van der Waals surface area contributed by atoms with Crippen LogP contribution in [-0.2, 0) is 19.2 Å². The van der Waals surface area contributed by atoms with Crippen LogP contribution in [0.4, 0.5) is 4.79 Å². The van der Waals surface area contributed by atoms with E-state index in [2.05, 4.69) is 35.1 Å². The van der Waals surface area contributed by atoms with E-state index in [0.717, 1.165) is 22.3 Å². The quantitative estimate of drug-likeness (QED) is 0.531. The van der Waals surface area contributed by atoms with Crippen molar-refractivity contribution >= 4 is 18.0 Å². The molecule has 0 aromatic heterocycles. The molecule has 8 nitrogen and oxygen atoms in total. The van der Waals surface area contributed by atoms with Crippen LogP contribution in [0.3, 0.4) is 0 Å². The van der Waals surface area contributed by atoms with Gasteiger partial charge in [-0.2, -0.15) is 0 Å². The minimum absolute atomic E-state index is 0.0174. The molecule has 2 atom stereocenters. The van der Waals surface area contributed by atoms with E-state index in [1.807, 2.05) is 24.3 Å². The van der Waals surface area contributed by atoms with Crippen LogP contribution in [0.15, 0.2) is 48.5 Å². The largest absolute Gasteiger partial charge is 0.479 e. The van der Waals surface area contributed by atoms with Gasteiger partial charge in [0.15, 0.2) is 6.10 Å². The predicted molar refractivity (Wildman–Crippen MR) is 113 cm³/mol. The van der Waals surface area contributed by atoms with Crippen LogP contribution >= 0.6 is 0 Å². The molecule has 3 N–H and O–H groups in total. The van der Waals surface area contributed by atoms with Crippen molar-refractivity contribution in [1.82, 2.24) is 10.8 Å². The Balaban J connectivity index is 1.44. The number of fused-ring (bicyclic) bond motifs is 3. The van der Waals surface area contributed by atoms with Crippen LogP contribution in [-0.4, -0.2) is 42.3 Å². The maximum Gasteiger partial charge on any atom is 0.407 e. The number of hydroxylamine groups is 1. The molecule has 0 heterocycles. The van der Waals surface area contributed by atoms with Crippen LogP contribution in [0, 0.1) is 5.92 Å². The molecule has 0 radical (unpaired) electrons. The Morgan fingerprint density at radius 2 is 1.58 bits per heavy atom. The van der Waals surface area contributed by atoms with Gasteiger partial charge in [-0.05, 0) is 35.6 Å². The third-order valence-corrected chi connectivity index (χ3v) is 5.32. The van der Waals surface area contributed by atoms with Gasteiger partial charge in [-0.1, -0.05) is 55.5 Å². The number of carbonyl (C=O) groups excluding carboxylic acids is 2. The molecule has 2 aromatic carbocycles. The lowest BCUT2D eigenvalue weighted by molar-refractivity contribution is -0.160.